The smallest absolute Gasteiger partial charge is 0.339 e. The molecular weight excluding hydrogens is 360 g/mol. The highest BCUT2D eigenvalue weighted by molar-refractivity contribution is 5.91. The van der Waals surface area contributed by atoms with Crippen molar-refractivity contribution < 1.29 is 15.0 Å². The van der Waals surface area contributed by atoms with Gasteiger partial charge in [0.1, 0.15) is 11.3 Å². The van der Waals surface area contributed by atoms with Gasteiger partial charge in [-0.3, -0.25) is 0 Å². The number of aromatic carboxylic acids is 1. The quantitative estimate of drug-likeness (QED) is 0.324. The molecule has 0 bridgehead atoms. The number of carbonyl (C=O) groups is 1. The number of benzene rings is 2. The molecule has 0 aliphatic heterocycles. The van der Waals surface area contributed by atoms with Gasteiger partial charge in [0.25, 0.3) is 0 Å². The SMILES string of the molecule is CCCCCCCCCCCCC(c1ccccc1)c1cccc(C(=O)O)c1O. The van der Waals surface area contributed by atoms with Gasteiger partial charge in [0, 0.05) is 11.5 Å². The summed E-state index contributed by atoms with van der Waals surface area (Å²) in [5, 5.41) is 19.9. The third-order valence-electron chi connectivity index (χ3n) is 5.72. The van der Waals surface area contributed by atoms with Crippen molar-refractivity contribution in [3.8, 4) is 5.75 Å². The zero-order valence-electron chi connectivity index (χ0n) is 17.8. The number of phenols is 1. The molecule has 1 unspecified atom stereocenters. The van der Waals surface area contributed by atoms with Gasteiger partial charge in [-0.1, -0.05) is 114 Å². The van der Waals surface area contributed by atoms with Crippen LogP contribution in [-0.2, 0) is 0 Å². The van der Waals surface area contributed by atoms with Crippen LogP contribution in [0.4, 0.5) is 0 Å². The van der Waals surface area contributed by atoms with Gasteiger partial charge in [-0.05, 0) is 18.1 Å². The molecule has 29 heavy (non-hydrogen) atoms. The van der Waals surface area contributed by atoms with Crippen LogP contribution in [0.2, 0.25) is 0 Å². The topological polar surface area (TPSA) is 57.5 Å². The van der Waals surface area contributed by atoms with Crippen LogP contribution in [0, 0.1) is 0 Å². The van der Waals surface area contributed by atoms with Gasteiger partial charge < -0.3 is 10.2 Å². The Morgan fingerprint density at radius 3 is 1.97 bits per heavy atom. The average molecular weight is 397 g/mol. The van der Waals surface area contributed by atoms with Crippen molar-refractivity contribution in [3.63, 3.8) is 0 Å². The Morgan fingerprint density at radius 2 is 1.38 bits per heavy atom. The van der Waals surface area contributed by atoms with Gasteiger partial charge >= 0.3 is 5.97 Å². The monoisotopic (exact) mass is 396 g/mol. The molecule has 2 rings (SSSR count). The lowest BCUT2D eigenvalue weighted by atomic mass is 9.85. The highest BCUT2D eigenvalue weighted by atomic mass is 16.4. The third kappa shape index (κ3) is 7.56. The number of aromatic hydroxyl groups is 1. The molecule has 0 aromatic heterocycles. The molecule has 2 aromatic carbocycles. The molecule has 0 heterocycles. The van der Waals surface area contributed by atoms with E-state index in [9.17, 15) is 15.0 Å². The number of hydrogen-bond donors (Lipinski definition) is 2. The first-order valence-electron chi connectivity index (χ1n) is 11.2. The Labute approximate surface area is 175 Å². The van der Waals surface area contributed by atoms with Crippen LogP contribution >= 0.6 is 0 Å². The first kappa shape index (κ1) is 23.0. The predicted octanol–water partition coefficient (Wildman–Crippen LogP) is 7.53. The fourth-order valence-corrected chi connectivity index (χ4v) is 4.04. The minimum atomic E-state index is -1.09. The van der Waals surface area contributed by atoms with Crippen molar-refractivity contribution in [2.45, 2.75) is 83.5 Å². The molecule has 2 aromatic rings. The Kier molecular flexibility index (Phi) is 10.3. The Balaban J connectivity index is 1.91. The summed E-state index contributed by atoms with van der Waals surface area (Å²) in [6.07, 6.45) is 13.8. The van der Waals surface area contributed by atoms with Gasteiger partial charge in [-0.15, -0.1) is 0 Å². The van der Waals surface area contributed by atoms with Crippen molar-refractivity contribution in [1.29, 1.82) is 0 Å². The Morgan fingerprint density at radius 1 is 0.793 bits per heavy atom. The van der Waals surface area contributed by atoms with Crippen molar-refractivity contribution in [1.82, 2.24) is 0 Å². The first-order chi connectivity index (χ1) is 14.1. The molecule has 0 aliphatic carbocycles. The van der Waals surface area contributed by atoms with Crippen LogP contribution < -0.4 is 0 Å². The summed E-state index contributed by atoms with van der Waals surface area (Å²) in [5.41, 5.74) is 1.82. The van der Waals surface area contributed by atoms with E-state index in [-0.39, 0.29) is 17.2 Å². The summed E-state index contributed by atoms with van der Waals surface area (Å²) in [5.74, 6) is -1.17. The summed E-state index contributed by atoms with van der Waals surface area (Å²) in [6.45, 7) is 2.25. The zero-order chi connectivity index (χ0) is 20.9. The van der Waals surface area contributed by atoms with E-state index in [1.165, 1.54) is 63.9 Å². The predicted molar refractivity (Wildman–Crippen MR) is 120 cm³/mol. The Hall–Kier alpha value is -2.29. The number of carboxylic acid groups (broad SMARTS) is 1. The second-order valence-electron chi connectivity index (χ2n) is 7.98. The van der Waals surface area contributed by atoms with Crippen molar-refractivity contribution in [2.24, 2.45) is 0 Å². The standard InChI is InChI=1S/C26H36O3/c1-2-3-4-5-6-7-8-9-10-14-18-22(21-16-12-11-13-17-21)23-19-15-20-24(25(23)27)26(28)29/h11-13,15-17,19-20,22,27H,2-10,14,18H2,1H3,(H,28,29). The lowest BCUT2D eigenvalue weighted by Gasteiger charge is -2.20. The molecule has 158 valence electrons. The summed E-state index contributed by atoms with van der Waals surface area (Å²) in [6, 6.07) is 15.2. The second-order valence-corrected chi connectivity index (χ2v) is 7.98. The van der Waals surface area contributed by atoms with E-state index in [1.807, 2.05) is 24.3 Å². The molecule has 0 saturated heterocycles. The van der Waals surface area contributed by atoms with Gasteiger partial charge in [0.15, 0.2) is 0 Å². The maximum atomic E-state index is 11.4. The van der Waals surface area contributed by atoms with E-state index in [0.29, 0.717) is 5.56 Å². The number of carboxylic acids is 1. The minimum Gasteiger partial charge on any atom is -0.507 e. The molecule has 0 spiro atoms. The molecule has 1 atom stereocenters. The van der Waals surface area contributed by atoms with E-state index in [0.717, 1.165) is 18.4 Å². The van der Waals surface area contributed by atoms with Gasteiger partial charge in [0.2, 0.25) is 0 Å². The van der Waals surface area contributed by atoms with E-state index in [4.69, 9.17) is 0 Å². The lowest BCUT2D eigenvalue weighted by molar-refractivity contribution is 0.0693. The largest absolute Gasteiger partial charge is 0.507 e. The van der Waals surface area contributed by atoms with Crippen LogP contribution in [0.3, 0.4) is 0 Å². The van der Waals surface area contributed by atoms with Crippen molar-refractivity contribution >= 4 is 5.97 Å². The molecular formula is C26H36O3. The van der Waals surface area contributed by atoms with Gasteiger partial charge in [-0.2, -0.15) is 0 Å². The van der Waals surface area contributed by atoms with Crippen LogP contribution in [0.1, 0.15) is 105 Å². The molecule has 0 amide bonds. The average Bonchev–Trinajstić information content (AvgIpc) is 2.73. The molecule has 0 aliphatic rings. The molecule has 0 fully saturated rings. The minimum absolute atomic E-state index is 0.0181. The van der Waals surface area contributed by atoms with Gasteiger partial charge in [0.05, 0.1) is 0 Å². The molecule has 3 heteroatoms. The molecule has 2 N–H and O–H groups in total. The summed E-state index contributed by atoms with van der Waals surface area (Å²) >= 11 is 0. The number of hydrogen-bond acceptors (Lipinski definition) is 2. The summed E-state index contributed by atoms with van der Waals surface area (Å²) < 4.78 is 0. The second kappa shape index (κ2) is 13.0. The maximum absolute atomic E-state index is 11.4. The summed E-state index contributed by atoms with van der Waals surface area (Å²) in [4.78, 5) is 11.4. The number of rotatable bonds is 14. The fraction of sp³-hybridized carbons (Fsp3) is 0.500. The van der Waals surface area contributed by atoms with Gasteiger partial charge in [-0.25, -0.2) is 4.79 Å². The normalized spacial score (nSPS) is 12.0. The number of para-hydroxylation sites is 1. The molecule has 3 nitrogen and oxygen atoms in total. The van der Waals surface area contributed by atoms with Crippen LogP contribution in [0.5, 0.6) is 5.75 Å². The highest BCUT2D eigenvalue weighted by Crippen LogP contribution is 2.37. The third-order valence-corrected chi connectivity index (χ3v) is 5.72. The van der Waals surface area contributed by atoms with Crippen LogP contribution in [0.25, 0.3) is 0 Å². The van der Waals surface area contributed by atoms with Crippen molar-refractivity contribution in [2.75, 3.05) is 0 Å². The maximum Gasteiger partial charge on any atom is 0.339 e. The van der Waals surface area contributed by atoms with E-state index >= 15 is 0 Å². The Bertz CT molecular complexity index is 724. The van der Waals surface area contributed by atoms with Crippen molar-refractivity contribution in [3.05, 3.63) is 65.2 Å². The van der Waals surface area contributed by atoms with E-state index < -0.39 is 5.97 Å². The summed E-state index contributed by atoms with van der Waals surface area (Å²) in [7, 11) is 0. The van der Waals surface area contributed by atoms with E-state index in [1.54, 1.807) is 6.07 Å². The van der Waals surface area contributed by atoms with E-state index in [2.05, 4.69) is 19.1 Å². The fourth-order valence-electron chi connectivity index (χ4n) is 4.04. The number of unbranched alkanes of at least 4 members (excludes halogenated alkanes) is 9. The molecule has 0 radical (unpaired) electrons. The lowest BCUT2D eigenvalue weighted by Crippen LogP contribution is -2.05. The first-order valence-corrected chi connectivity index (χ1v) is 11.2. The molecule has 0 saturated carbocycles. The zero-order valence-corrected chi connectivity index (χ0v) is 17.8. The van der Waals surface area contributed by atoms with Crippen LogP contribution in [0.15, 0.2) is 48.5 Å². The van der Waals surface area contributed by atoms with Crippen LogP contribution in [-0.4, -0.2) is 16.2 Å². The highest BCUT2D eigenvalue weighted by Gasteiger charge is 2.21.